The molecule has 0 heterocycles. The fourth-order valence-electron chi connectivity index (χ4n) is 0.876. The Hall–Kier alpha value is -0.200. The molecular weight excluding hydrogens is 196 g/mol. The van der Waals surface area contributed by atoms with E-state index in [4.69, 9.17) is 25.7 Å². The molecule has 92 valence electrons. The van der Waals surface area contributed by atoms with Crippen LogP contribution in [0.5, 0.6) is 0 Å². The zero-order valence-corrected chi connectivity index (χ0v) is 9.78. The van der Waals surface area contributed by atoms with Gasteiger partial charge in [-0.25, -0.2) is 0 Å². The summed E-state index contributed by atoms with van der Waals surface area (Å²) >= 11 is 0. The van der Waals surface area contributed by atoms with Crippen molar-refractivity contribution in [3.05, 3.63) is 0 Å². The van der Waals surface area contributed by atoms with E-state index in [1.165, 1.54) is 0 Å². The lowest BCUT2D eigenvalue weighted by atomic mass is 10.4. The molecule has 0 aromatic carbocycles. The number of nitrogens with two attached hydrogens (primary N) is 2. The molecule has 0 saturated carbocycles. The molecule has 5 nitrogen and oxygen atoms in total. The van der Waals surface area contributed by atoms with Crippen LogP contribution in [-0.2, 0) is 14.2 Å². The van der Waals surface area contributed by atoms with E-state index in [9.17, 15) is 0 Å². The molecule has 0 bridgehead atoms. The molecule has 0 radical (unpaired) electrons. The van der Waals surface area contributed by atoms with Crippen LogP contribution in [-0.4, -0.2) is 51.7 Å². The van der Waals surface area contributed by atoms with Crippen LogP contribution in [0.25, 0.3) is 0 Å². The van der Waals surface area contributed by atoms with Gasteiger partial charge in [0.15, 0.2) is 0 Å². The first-order chi connectivity index (χ1) is 7.13. The second-order valence-corrected chi connectivity index (χ2v) is 3.72. The Balaban J connectivity index is 2.93. The van der Waals surface area contributed by atoms with Gasteiger partial charge in [0.05, 0.1) is 39.6 Å². The molecule has 0 rings (SSSR count). The Morgan fingerprint density at radius 2 is 1.07 bits per heavy atom. The third kappa shape index (κ3) is 13.8. The van der Waals surface area contributed by atoms with Crippen molar-refractivity contribution >= 4 is 0 Å². The quantitative estimate of drug-likeness (QED) is 0.495. The molecule has 2 atom stereocenters. The van der Waals surface area contributed by atoms with Crippen molar-refractivity contribution in [2.75, 3.05) is 39.6 Å². The molecule has 0 aromatic heterocycles. The van der Waals surface area contributed by atoms with Crippen molar-refractivity contribution in [3.63, 3.8) is 0 Å². The van der Waals surface area contributed by atoms with E-state index in [-0.39, 0.29) is 12.1 Å². The third-order valence-corrected chi connectivity index (χ3v) is 1.51. The Kier molecular flexibility index (Phi) is 10.2. The van der Waals surface area contributed by atoms with Crippen LogP contribution < -0.4 is 11.5 Å². The van der Waals surface area contributed by atoms with E-state index in [1.54, 1.807) is 0 Å². The zero-order valence-electron chi connectivity index (χ0n) is 9.78. The maximum Gasteiger partial charge on any atom is 0.0701 e. The van der Waals surface area contributed by atoms with Gasteiger partial charge in [0.2, 0.25) is 0 Å². The first kappa shape index (κ1) is 14.8. The maximum atomic E-state index is 5.50. The Bertz CT molecular complexity index is 118. The van der Waals surface area contributed by atoms with Crippen LogP contribution in [0.2, 0.25) is 0 Å². The molecule has 0 aliphatic rings. The number of hydrogen-bond donors (Lipinski definition) is 2. The highest BCUT2D eigenvalue weighted by molar-refractivity contribution is 4.49. The normalized spacial score (nSPS) is 15.2. The number of ether oxygens (including phenoxy) is 3. The first-order valence-corrected chi connectivity index (χ1v) is 5.37. The fraction of sp³-hybridized carbons (Fsp3) is 1.00. The van der Waals surface area contributed by atoms with Crippen molar-refractivity contribution < 1.29 is 14.2 Å². The summed E-state index contributed by atoms with van der Waals surface area (Å²) in [5.41, 5.74) is 11.0. The number of rotatable bonds is 10. The van der Waals surface area contributed by atoms with Crippen LogP contribution >= 0.6 is 0 Å². The largest absolute Gasteiger partial charge is 0.377 e. The van der Waals surface area contributed by atoms with Crippen LogP contribution in [0.3, 0.4) is 0 Å². The lowest BCUT2D eigenvalue weighted by molar-refractivity contribution is 0.0112. The summed E-state index contributed by atoms with van der Waals surface area (Å²) < 4.78 is 15.7. The lowest BCUT2D eigenvalue weighted by Gasteiger charge is -2.09. The van der Waals surface area contributed by atoms with Gasteiger partial charge in [0.25, 0.3) is 0 Å². The summed E-state index contributed by atoms with van der Waals surface area (Å²) in [7, 11) is 0. The molecule has 0 aliphatic heterocycles. The fourth-order valence-corrected chi connectivity index (χ4v) is 0.876. The average Bonchev–Trinajstić information content (AvgIpc) is 2.14. The molecule has 15 heavy (non-hydrogen) atoms. The molecular formula is C10H24N2O3. The minimum atomic E-state index is 0.0828. The van der Waals surface area contributed by atoms with E-state index in [0.717, 1.165) is 0 Å². The highest BCUT2D eigenvalue weighted by Crippen LogP contribution is 1.84. The minimum absolute atomic E-state index is 0.0828. The summed E-state index contributed by atoms with van der Waals surface area (Å²) in [6.07, 6.45) is 0. The lowest BCUT2D eigenvalue weighted by Crippen LogP contribution is -2.24. The van der Waals surface area contributed by atoms with Gasteiger partial charge >= 0.3 is 0 Å². The van der Waals surface area contributed by atoms with Crippen LogP contribution in [0.1, 0.15) is 13.8 Å². The highest BCUT2D eigenvalue weighted by Gasteiger charge is 1.95. The summed E-state index contributed by atoms with van der Waals surface area (Å²) in [6.45, 7) is 7.27. The topological polar surface area (TPSA) is 79.7 Å². The van der Waals surface area contributed by atoms with Crippen molar-refractivity contribution in [1.82, 2.24) is 0 Å². The Morgan fingerprint density at radius 1 is 0.733 bits per heavy atom. The summed E-state index contributed by atoms with van der Waals surface area (Å²) in [6, 6.07) is 0.166. The maximum absolute atomic E-state index is 5.50. The monoisotopic (exact) mass is 220 g/mol. The standard InChI is InChI=1S/C10H24N2O3/c1-9(11)7-14-5-3-13-4-6-15-8-10(2)12/h9-10H,3-8,11-12H2,1-2H3. The first-order valence-electron chi connectivity index (χ1n) is 5.37. The van der Waals surface area contributed by atoms with Gasteiger partial charge in [-0.05, 0) is 13.8 Å². The van der Waals surface area contributed by atoms with Gasteiger partial charge in [-0.1, -0.05) is 0 Å². The smallest absolute Gasteiger partial charge is 0.0701 e. The average molecular weight is 220 g/mol. The van der Waals surface area contributed by atoms with Crippen molar-refractivity contribution in [1.29, 1.82) is 0 Å². The molecule has 0 spiro atoms. The highest BCUT2D eigenvalue weighted by atomic mass is 16.5. The van der Waals surface area contributed by atoms with Gasteiger partial charge in [0, 0.05) is 12.1 Å². The molecule has 0 fully saturated rings. The van der Waals surface area contributed by atoms with E-state index in [2.05, 4.69) is 0 Å². The van der Waals surface area contributed by atoms with E-state index >= 15 is 0 Å². The van der Waals surface area contributed by atoms with Gasteiger partial charge in [-0.15, -0.1) is 0 Å². The molecule has 4 N–H and O–H groups in total. The van der Waals surface area contributed by atoms with Gasteiger partial charge in [-0.3, -0.25) is 0 Å². The molecule has 0 aromatic rings. The second kappa shape index (κ2) is 10.3. The SMILES string of the molecule is CC(N)COCCOCCOCC(C)N. The van der Waals surface area contributed by atoms with E-state index in [1.807, 2.05) is 13.8 Å². The molecule has 5 heteroatoms. The van der Waals surface area contributed by atoms with Crippen LogP contribution in [0.4, 0.5) is 0 Å². The van der Waals surface area contributed by atoms with E-state index in [0.29, 0.717) is 39.6 Å². The Labute approximate surface area is 92.0 Å². The summed E-state index contributed by atoms with van der Waals surface area (Å²) in [5.74, 6) is 0. The van der Waals surface area contributed by atoms with Crippen molar-refractivity contribution in [3.8, 4) is 0 Å². The van der Waals surface area contributed by atoms with Gasteiger partial charge < -0.3 is 25.7 Å². The third-order valence-electron chi connectivity index (χ3n) is 1.51. The number of hydrogen-bond acceptors (Lipinski definition) is 5. The van der Waals surface area contributed by atoms with Gasteiger partial charge in [-0.2, -0.15) is 0 Å². The van der Waals surface area contributed by atoms with Gasteiger partial charge in [0.1, 0.15) is 0 Å². The van der Waals surface area contributed by atoms with Crippen molar-refractivity contribution in [2.24, 2.45) is 11.5 Å². The summed E-state index contributed by atoms with van der Waals surface area (Å²) in [4.78, 5) is 0. The molecule has 0 aliphatic carbocycles. The van der Waals surface area contributed by atoms with Crippen LogP contribution in [0.15, 0.2) is 0 Å². The van der Waals surface area contributed by atoms with E-state index < -0.39 is 0 Å². The minimum Gasteiger partial charge on any atom is -0.377 e. The second-order valence-electron chi connectivity index (χ2n) is 3.72. The predicted molar refractivity (Wildman–Crippen MR) is 59.8 cm³/mol. The molecule has 0 amide bonds. The van der Waals surface area contributed by atoms with Crippen molar-refractivity contribution in [2.45, 2.75) is 25.9 Å². The zero-order chi connectivity index (χ0) is 11.5. The Morgan fingerprint density at radius 3 is 1.40 bits per heavy atom. The molecule has 0 saturated heterocycles. The predicted octanol–water partition coefficient (Wildman–Crippen LogP) is -0.269. The molecule has 2 unspecified atom stereocenters. The van der Waals surface area contributed by atoms with Crippen LogP contribution in [0, 0.1) is 0 Å². The summed E-state index contributed by atoms with van der Waals surface area (Å²) in [5, 5.41) is 0.